The summed E-state index contributed by atoms with van der Waals surface area (Å²) in [6.45, 7) is 6.81. The van der Waals surface area contributed by atoms with Crippen molar-refractivity contribution in [1.29, 1.82) is 0 Å². The average Bonchev–Trinajstić information content (AvgIpc) is 2.46. The Morgan fingerprint density at radius 1 is 1.28 bits per heavy atom. The Hall–Kier alpha value is -1.31. The van der Waals surface area contributed by atoms with Gasteiger partial charge in [-0.2, -0.15) is 0 Å². The normalized spacial score (nSPS) is 12.4. The van der Waals surface area contributed by atoms with E-state index in [9.17, 15) is 13.2 Å². The van der Waals surface area contributed by atoms with Crippen LogP contribution in [0.4, 0.5) is 5.69 Å². The third-order valence-electron chi connectivity index (χ3n) is 3.54. The molecule has 0 spiro atoms. The molecule has 0 aromatic heterocycles. The SMILES string of the molecule is Cc1ccc(NC(=O)C(N)CCS(C)(=O)=O)cc1OCCC(C)C.Cl. The fraction of sp³-hybridized carbons (Fsp3) is 0.588. The summed E-state index contributed by atoms with van der Waals surface area (Å²) in [4.78, 5) is 12.1. The van der Waals surface area contributed by atoms with Crippen LogP contribution in [0, 0.1) is 12.8 Å². The molecule has 0 aliphatic heterocycles. The first-order chi connectivity index (χ1) is 11.1. The van der Waals surface area contributed by atoms with Crippen LogP contribution in [0.3, 0.4) is 0 Å². The van der Waals surface area contributed by atoms with E-state index in [1.54, 1.807) is 12.1 Å². The largest absolute Gasteiger partial charge is 0.493 e. The minimum atomic E-state index is -3.14. The van der Waals surface area contributed by atoms with Crippen molar-refractivity contribution >= 4 is 33.8 Å². The van der Waals surface area contributed by atoms with E-state index in [0.29, 0.717) is 18.2 Å². The van der Waals surface area contributed by atoms with Gasteiger partial charge in [0.1, 0.15) is 15.6 Å². The Morgan fingerprint density at radius 2 is 1.92 bits per heavy atom. The number of halogens is 1. The standard InChI is InChI=1S/C17H28N2O4S.ClH/c1-12(2)7-9-23-16-11-14(6-5-13(16)3)19-17(20)15(18)8-10-24(4,21)22;/h5-6,11-12,15H,7-10,18H2,1-4H3,(H,19,20);1H. The Balaban J connectivity index is 0.00000576. The first-order valence-corrected chi connectivity index (χ1v) is 10.1. The Kier molecular flexibility index (Phi) is 10.1. The lowest BCUT2D eigenvalue weighted by atomic mass is 10.1. The quantitative estimate of drug-likeness (QED) is 0.672. The van der Waals surface area contributed by atoms with Gasteiger partial charge in [-0.05, 0) is 37.3 Å². The maximum Gasteiger partial charge on any atom is 0.241 e. The van der Waals surface area contributed by atoms with Gasteiger partial charge in [-0.1, -0.05) is 19.9 Å². The lowest BCUT2D eigenvalue weighted by molar-refractivity contribution is -0.117. The zero-order valence-corrected chi connectivity index (χ0v) is 16.9. The number of carbonyl (C=O) groups is 1. The zero-order chi connectivity index (χ0) is 18.3. The summed E-state index contributed by atoms with van der Waals surface area (Å²) in [5, 5.41) is 2.71. The molecule has 1 atom stereocenters. The number of amides is 1. The minimum Gasteiger partial charge on any atom is -0.493 e. The zero-order valence-electron chi connectivity index (χ0n) is 15.2. The van der Waals surface area contributed by atoms with Gasteiger partial charge < -0.3 is 15.8 Å². The van der Waals surface area contributed by atoms with Crippen LogP contribution >= 0.6 is 12.4 Å². The predicted octanol–water partition coefficient (Wildman–Crippen LogP) is 2.54. The number of sulfone groups is 1. The number of carbonyl (C=O) groups excluding carboxylic acids is 1. The highest BCUT2D eigenvalue weighted by molar-refractivity contribution is 7.90. The van der Waals surface area contributed by atoms with E-state index in [2.05, 4.69) is 19.2 Å². The van der Waals surface area contributed by atoms with Crippen molar-refractivity contribution in [2.24, 2.45) is 11.7 Å². The van der Waals surface area contributed by atoms with E-state index >= 15 is 0 Å². The third kappa shape index (κ3) is 9.67. The van der Waals surface area contributed by atoms with Gasteiger partial charge in [0.15, 0.2) is 0 Å². The van der Waals surface area contributed by atoms with E-state index < -0.39 is 21.8 Å². The molecule has 1 rings (SSSR count). The molecule has 0 saturated heterocycles. The third-order valence-corrected chi connectivity index (χ3v) is 4.52. The Morgan fingerprint density at radius 3 is 2.48 bits per heavy atom. The van der Waals surface area contributed by atoms with E-state index in [1.165, 1.54) is 0 Å². The summed E-state index contributed by atoms with van der Waals surface area (Å²) in [6, 6.07) is 4.52. The molecular formula is C17H29ClN2O4S. The molecule has 25 heavy (non-hydrogen) atoms. The summed E-state index contributed by atoms with van der Waals surface area (Å²) in [7, 11) is -3.14. The Labute approximate surface area is 156 Å². The molecule has 0 bridgehead atoms. The van der Waals surface area contributed by atoms with E-state index in [1.807, 2.05) is 13.0 Å². The number of hydrogen-bond acceptors (Lipinski definition) is 5. The molecule has 0 heterocycles. The molecular weight excluding hydrogens is 364 g/mol. The maximum atomic E-state index is 12.1. The summed E-state index contributed by atoms with van der Waals surface area (Å²) < 4.78 is 28.0. The topological polar surface area (TPSA) is 98.5 Å². The molecule has 6 nitrogen and oxygen atoms in total. The van der Waals surface area contributed by atoms with E-state index in [4.69, 9.17) is 10.5 Å². The van der Waals surface area contributed by atoms with Crippen molar-refractivity contribution in [2.45, 2.75) is 39.7 Å². The molecule has 1 unspecified atom stereocenters. The number of rotatable bonds is 9. The van der Waals surface area contributed by atoms with Gasteiger partial charge in [-0.25, -0.2) is 8.42 Å². The highest BCUT2D eigenvalue weighted by Crippen LogP contribution is 2.23. The summed E-state index contributed by atoms with van der Waals surface area (Å²) in [5.74, 6) is 0.758. The molecule has 0 aliphatic carbocycles. The first-order valence-electron chi connectivity index (χ1n) is 8.06. The summed E-state index contributed by atoms with van der Waals surface area (Å²) in [5.41, 5.74) is 7.31. The van der Waals surface area contributed by atoms with Crippen molar-refractivity contribution in [2.75, 3.05) is 23.9 Å². The van der Waals surface area contributed by atoms with Gasteiger partial charge in [0.25, 0.3) is 0 Å². The highest BCUT2D eigenvalue weighted by Gasteiger charge is 2.16. The van der Waals surface area contributed by atoms with Crippen LogP contribution in [0.5, 0.6) is 5.75 Å². The van der Waals surface area contributed by atoms with Gasteiger partial charge in [0, 0.05) is 18.0 Å². The van der Waals surface area contributed by atoms with Gasteiger partial charge >= 0.3 is 0 Å². The lowest BCUT2D eigenvalue weighted by Crippen LogP contribution is -2.37. The summed E-state index contributed by atoms with van der Waals surface area (Å²) in [6.07, 6.45) is 2.17. The molecule has 0 radical (unpaired) electrons. The van der Waals surface area contributed by atoms with Crippen LogP contribution in [-0.2, 0) is 14.6 Å². The molecule has 1 aromatic rings. The van der Waals surface area contributed by atoms with Gasteiger partial charge in [-0.3, -0.25) is 4.79 Å². The lowest BCUT2D eigenvalue weighted by Gasteiger charge is -2.15. The van der Waals surface area contributed by atoms with Crippen LogP contribution < -0.4 is 15.8 Å². The predicted molar refractivity (Wildman–Crippen MR) is 104 cm³/mol. The van der Waals surface area contributed by atoms with E-state index in [-0.39, 0.29) is 24.6 Å². The molecule has 144 valence electrons. The number of benzene rings is 1. The average molecular weight is 393 g/mol. The van der Waals surface area contributed by atoms with Crippen LogP contribution in [0.1, 0.15) is 32.3 Å². The second kappa shape index (κ2) is 10.6. The van der Waals surface area contributed by atoms with Gasteiger partial charge in [-0.15, -0.1) is 12.4 Å². The smallest absolute Gasteiger partial charge is 0.241 e. The van der Waals surface area contributed by atoms with Gasteiger partial charge in [0.2, 0.25) is 5.91 Å². The monoisotopic (exact) mass is 392 g/mol. The van der Waals surface area contributed by atoms with Crippen molar-refractivity contribution in [1.82, 2.24) is 0 Å². The second-order valence-electron chi connectivity index (χ2n) is 6.53. The fourth-order valence-electron chi connectivity index (χ4n) is 1.95. The molecule has 8 heteroatoms. The van der Waals surface area contributed by atoms with Crippen LogP contribution in [0.25, 0.3) is 0 Å². The number of hydrogen-bond donors (Lipinski definition) is 2. The number of ether oxygens (including phenoxy) is 1. The molecule has 0 aliphatic rings. The van der Waals surface area contributed by atoms with Crippen LogP contribution in [-0.4, -0.2) is 39.0 Å². The molecule has 0 fully saturated rings. The molecule has 1 aromatic carbocycles. The minimum absolute atomic E-state index is 0. The summed E-state index contributed by atoms with van der Waals surface area (Å²) >= 11 is 0. The number of anilines is 1. The van der Waals surface area contributed by atoms with Crippen LogP contribution in [0.15, 0.2) is 18.2 Å². The number of aryl methyl sites for hydroxylation is 1. The molecule has 1 amide bonds. The fourth-order valence-corrected chi connectivity index (χ4v) is 2.63. The number of nitrogens with two attached hydrogens (primary N) is 1. The highest BCUT2D eigenvalue weighted by atomic mass is 35.5. The second-order valence-corrected chi connectivity index (χ2v) is 8.79. The molecule has 0 saturated carbocycles. The van der Waals surface area contributed by atoms with Crippen molar-refractivity contribution < 1.29 is 17.9 Å². The molecule has 3 N–H and O–H groups in total. The van der Waals surface area contributed by atoms with Crippen molar-refractivity contribution in [3.05, 3.63) is 23.8 Å². The van der Waals surface area contributed by atoms with Crippen LogP contribution in [0.2, 0.25) is 0 Å². The van der Waals surface area contributed by atoms with Gasteiger partial charge in [0.05, 0.1) is 18.4 Å². The first kappa shape index (κ1) is 23.7. The van der Waals surface area contributed by atoms with E-state index in [0.717, 1.165) is 24.0 Å². The number of nitrogens with one attached hydrogen (secondary N) is 1. The Bertz CT molecular complexity index is 663. The maximum absolute atomic E-state index is 12.1. The van der Waals surface area contributed by atoms with Crippen molar-refractivity contribution in [3.63, 3.8) is 0 Å². The van der Waals surface area contributed by atoms with Crippen molar-refractivity contribution in [3.8, 4) is 5.75 Å².